The summed E-state index contributed by atoms with van der Waals surface area (Å²) < 4.78 is 4.70. The van der Waals surface area contributed by atoms with Crippen LogP contribution in [0.5, 0.6) is 0 Å². The molecular weight excluding hydrogens is 248 g/mol. The van der Waals surface area contributed by atoms with Crippen molar-refractivity contribution < 1.29 is 24.2 Å². The van der Waals surface area contributed by atoms with E-state index in [4.69, 9.17) is 15.3 Å². The van der Waals surface area contributed by atoms with Crippen LogP contribution in [-0.4, -0.2) is 38.3 Å². The smallest absolute Gasteiger partial charge is 0.356 e. The van der Waals surface area contributed by atoms with Crippen molar-refractivity contribution in [3.05, 3.63) is 11.5 Å². The molecule has 2 rings (SSSR count). The van der Waals surface area contributed by atoms with E-state index < -0.39 is 17.6 Å². The van der Waals surface area contributed by atoms with E-state index in [1.165, 1.54) is 0 Å². The lowest BCUT2D eigenvalue weighted by atomic mass is 10.1. The zero-order valence-corrected chi connectivity index (χ0v) is 9.54. The maximum Gasteiger partial charge on any atom is 0.356 e. The molecule has 90 valence electrons. The van der Waals surface area contributed by atoms with Gasteiger partial charge in [0.25, 0.3) is 0 Å². The molecule has 0 radical (unpaired) electrons. The van der Waals surface area contributed by atoms with Gasteiger partial charge in [0.2, 0.25) is 5.91 Å². The van der Waals surface area contributed by atoms with Crippen LogP contribution in [0.3, 0.4) is 0 Å². The second kappa shape index (κ2) is 3.88. The Morgan fingerprint density at radius 3 is 2.71 bits per heavy atom. The van der Waals surface area contributed by atoms with Gasteiger partial charge in [-0.15, -0.1) is 0 Å². The minimum atomic E-state index is -1.38. The van der Waals surface area contributed by atoms with Gasteiger partial charge in [-0.1, -0.05) is 11.8 Å². The molecule has 0 aromatic heterocycles. The molecule has 2 aliphatic heterocycles. The normalized spacial score (nSPS) is 23.1. The highest BCUT2D eigenvalue weighted by atomic mass is 32.2. The van der Waals surface area contributed by atoms with Crippen LogP contribution in [0, 0.1) is 5.41 Å². The largest absolute Gasteiger partial charge is 0.476 e. The van der Waals surface area contributed by atoms with Crippen molar-refractivity contribution in [3.8, 4) is 0 Å². The Morgan fingerprint density at radius 2 is 2.24 bits per heavy atom. The number of aliphatic carboxylic acids is 1. The molecule has 2 heterocycles. The third kappa shape index (κ3) is 1.80. The van der Waals surface area contributed by atoms with Crippen molar-refractivity contribution >= 4 is 34.7 Å². The molecule has 0 spiro atoms. The molecule has 0 unspecified atom stereocenters. The number of carboxylic acid groups (broad SMARTS) is 1. The van der Waals surface area contributed by atoms with Crippen LogP contribution in [0.25, 0.3) is 0 Å². The fraction of sp³-hybridized carbons (Fsp3) is 0.333. The Bertz CT molecular complexity index is 484. The molecule has 0 aliphatic carbocycles. The molecule has 17 heavy (non-hydrogen) atoms. The Balaban J connectivity index is 2.47. The number of rotatable bonds is 2. The monoisotopic (exact) mass is 256 g/mol. The Labute approximate surface area is 99.9 Å². The van der Waals surface area contributed by atoms with Gasteiger partial charge in [-0.2, -0.15) is 0 Å². The van der Waals surface area contributed by atoms with Crippen molar-refractivity contribution in [3.63, 3.8) is 0 Å². The summed E-state index contributed by atoms with van der Waals surface area (Å²) in [5, 5.41) is 16.1. The molecule has 2 aliphatic rings. The number of nitrogens with one attached hydrogen (secondary N) is 1. The van der Waals surface area contributed by atoms with Gasteiger partial charge in [0.15, 0.2) is 11.5 Å². The predicted octanol–water partition coefficient (Wildman–Crippen LogP) is 0.128. The summed E-state index contributed by atoms with van der Waals surface area (Å²) in [6.07, 6.45) is 0.192. The van der Waals surface area contributed by atoms with Crippen molar-refractivity contribution in [1.29, 1.82) is 5.41 Å². The second-order valence-electron chi connectivity index (χ2n) is 3.45. The molecular formula is C9H8N2O5S. The number of thioether (sulfide) groups is 1. The van der Waals surface area contributed by atoms with E-state index in [0.717, 1.165) is 23.6 Å². The summed E-state index contributed by atoms with van der Waals surface area (Å²) in [6, 6.07) is 0. The number of fused-ring (bicyclic) bond motifs is 1. The molecule has 0 aromatic rings. The van der Waals surface area contributed by atoms with Crippen molar-refractivity contribution in [2.45, 2.75) is 18.7 Å². The van der Waals surface area contributed by atoms with E-state index in [1.54, 1.807) is 0 Å². The standard InChI is InChI=1S/C9H8N2O5S/c1-3(12)16-7-6(9(14)15)11-4(13)2-5(11)17-8(7)10/h5,10H,2H2,1H3,(H,14,15)/t5-/m1/s1. The van der Waals surface area contributed by atoms with Crippen LogP contribution in [0.4, 0.5) is 0 Å². The highest BCUT2D eigenvalue weighted by molar-refractivity contribution is 8.15. The van der Waals surface area contributed by atoms with Gasteiger partial charge in [-0.3, -0.25) is 19.9 Å². The summed E-state index contributed by atoms with van der Waals surface area (Å²) in [7, 11) is 0. The summed E-state index contributed by atoms with van der Waals surface area (Å²) in [5.41, 5.74) is -0.426. The van der Waals surface area contributed by atoms with Crippen LogP contribution in [0.15, 0.2) is 11.5 Å². The van der Waals surface area contributed by atoms with Gasteiger partial charge in [-0.05, 0) is 0 Å². The number of hydrogen-bond donors (Lipinski definition) is 2. The highest BCUT2D eigenvalue weighted by Gasteiger charge is 2.48. The van der Waals surface area contributed by atoms with Gasteiger partial charge in [-0.25, -0.2) is 4.79 Å². The maximum atomic E-state index is 11.3. The van der Waals surface area contributed by atoms with Gasteiger partial charge < -0.3 is 9.84 Å². The number of nitrogens with zero attached hydrogens (tertiary/aromatic N) is 1. The Hall–Kier alpha value is -1.83. The molecule has 1 atom stereocenters. The number of amides is 1. The topological polar surface area (TPSA) is 108 Å². The third-order valence-corrected chi connectivity index (χ3v) is 3.34. The van der Waals surface area contributed by atoms with Gasteiger partial charge >= 0.3 is 11.9 Å². The first-order valence-corrected chi connectivity index (χ1v) is 5.53. The molecule has 0 bridgehead atoms. The molecule has 7 nitrogen and oxygen atoms in total. The second-order valence-corrected chi connectivity index (χ2v) is 4.63. The fourth-order valence-corrected chi connectivity index (χ4v) is 2.67. The van der Waals surface area contributed by atoms with Crippen molar-refractivity contribution in [1.82, 2.24) is 4.90 Å². The maximum absolute atomic E-state index is 11.3. The van der Waals surface area contributed by atoms with Crippen LogP contribution in [0.1, 0.15) is 13.3 Å². The van der Waals surface area contributed by atoms with Crippen molar-refractivity contribution in [2.75, 3.05) is 0 Å². The van der Waals surface area contributed by atoms with Crippen LogP contribution < -0.4 is 0 Å². The van der Waals surface area contributed by atoms with Gasteiger partial charge in [0.05, 0.1) is 11.8 Å². The van der Waals surface area contributed by atoms with E-state index >= 15 is 0 Å². The first-order chi connectivity index (χ1) is 7.91. The van der Waals surface area contributed by atoms with E-state index in [-0.39, 0.29) is 28.5 Å². The lowest BCUT2D eigenvalue weighted by Crippen LogP contribution is -2.54. The molecule has 1 amide bonds. The number of β-lactam (4-membered cyclic amide) rings is 1. The predicted molar refractivity (Wildman–Crippen MR) is 57.0 cm³/mol. The van der Waals surface area contributed by atoms with Crippen LogP contribution in [0.2, 0.25) is 0 Å². The summed E-state index contributed by atoms with van der Waals surface area (Å²) in [6.45, 7) is 1.11. The summed E-state index contributed by atoms with van der Waals surface area (Å²) >= 11 is 1.00. The van der Waals surface area contributed by atoms with Crippen molar-refractivity contribution in [2.24, 2.45) is 0 Å². The zero-order chi connectivity index (χ0) is 12.7. The minimum Gasteiger partial charge on any atom is -0.476 e. The Morgan fingerprint density at radius 1 is 1.59 bits per heavy atom. The number of carbonyl (C=O) groups excluding carboxylic acids is 2. The fourth-order valence-electron chi connectivity index (χ4n) is 1.60. The quantitative estimate of drug-likeness (QED) is 0.537. The van der Waals surface area contributed by atoms with Gasteiger partial charge in [0, 0.05) is 6.92 Å². The average molecular weight is 256 g/mol. The number of hydrogen-bond acceptors (Lipinski definition) is 6. The van der Waals surface area contributed by atoms with Crippen LogP contribution >= 0.6 is 11.8 Å². The highest BCUT2D eigenvalue weighted by Crippen LogP contribution is 2.41. The lowest BCUT2D eigenvalue weighted by Gasteiger charge is -2.42. The van der Waals surface area contributed by atoms with E-state index in [2.05, 4.69) is 0 Å². The van der Waals surface area contributed by atoms with Gasteiger partial charge in [0.1, 0.15) is 5.04 Å². The zero-order valence-electron chi connectivity index (χ0n) is 8.72. The van der Waals surface area contributed by atoms with E-state index in [9.17, 15) is 14.4 Å². The molecule has 0 aromatic carbocycles. The first kappa shape index (κ1) is 11.6. The van der Waals surface area contributed by atoms with Crippen LogP contribution in [-0.2, 0) is 19.1 Å². The number of esters is 1. The molecule has 8 heteroatoms. The molecule has 1 saturated heterocycles. The molecule has 2 N–H and O–H groups in total. The summed E-state index contributed by atoms with van der Waals surface area (Å²) in [5.74, 6) is -2.82. The Kier molecular flexibility index (Phi) is 2.66. The van der Waals surface area contributed by atoms with E-state index in [0.29, 0.717) is 0 Å². The average Bonchev–Trinajstić information content (AvgIpc) is 2.20. The molecule has 0 saturated carbocycles. The lowest BCUT2D eigenvalue weighted by molar-refractivity contribution is -0.147. The third-order valence-electron chi connectivity index (χ3n) is 2.27. The molecule has 1 fully saturated rings. The summed E-state index contributed by atoms with van der Waals surface area (Å²) in [4.78, 5) is 34.3. The SMILES string of the molecule is CC(=O)OC1=C(C(=O)O)N2C(=O)C[C@H]2SC1=N. The number of carboxylic acids is 1. The number of ether oxygens (including phenoxy) is 1. The number of carbonyl (C=O) groups is 3. The first-order valence-electron chi connectivity index (χ1n) is 4.65. The van der Waals surface area contributed by atoms with E-state index in [1.807, 2.05) is 0 Å². The minimum absolute atomic E-state index is 0.147.